The monoisotopic (exact) mass is 600 g/mol. The number of alkyl halides is 4. The van der Waals surface area contributed by atoms with E-state index < -0.39 is 42.1 Å². The van der Waals surface area contributed by atoms with Crippen LogP contribution in [0.25, 0.3) is 0 Å². The molecule has 12 heteroatoms. The van der Waals surface area contributed by atoms with Crippen molar-refractivity contribution in [3.63, 3.8) is 0 Å². The molecule has 1 amide bonds. The number of carbonyl (C=O) groups excluding carboxylic acids is 1. The van der Waals surface area contributed by atoms with Gasteiger partial charge in [0.2, 0.25) is 5.91 Å². The quantitative estimate of drug-likeness (QED) is 0.335. The van der Waals surface area contributed by atoms with Crippen molar-refractivity contribution in [1.82, 2.24) is 15.1 Å². The summed E-state index contributed by atoms with van der Waals surface area (Å²) >= 11 is 3.34. The summed E-state index contributed by atoms with van der Waals surface area (Å²) in [6, 6.07) is 5.13. The molecule has 3 atom stereocenters. The Labute approximate surface area is 225 Å². The first-order valence-corrected chi connectivity index (χ1v) is 13.7. The lowest BCUT2D eigenvalue weighted by Gasteiger charge is -2.68. The van der Waals surface area contributed by atoms with Crippen LogP contribution < -0.4 is 4.90 Å². The molecule has 3 unspecified atom stereocenters. The van der Waals surface area contributed by atoms with E-state index in [1.165, 1.54) is 18.7 Å². The van der Waals surface area contributed by atoms with Gasteiger partial charge in [0, 0.05) is 17.9 Å². The van der Waals surface area contributed by atoms with Gasteiger partial charge >= 0.3 is 6.18 Å². The maximum Gasteiger partial charge on any atom is 0.417 e. The number of amides is 1. The van der Waals surface area contributed by atoms with E-state index in [1.54, 1.807) is 18.2 Å². The van der Waals surface area contributed by atoms with Crippen LogP contribution in [-0.4, -0.2) is 44.5 Å². The summed E-state index contributed by atoms with van der Waals surface area (Å²) in [5.74, 6) is -0.592. The first-order valence-electron chi connectivity index (χ1n) is 12.9. The Morgan fingerprint density at radius 1 is 1.11 bits per heavy atom. The van der Waals surface area contributed by atoms with Crippen molar-refractivity contribution in [3.05, 3.63) is 34.5 Å². The number of halogens is 5. The number of aromatic nitrogens is 3. The molecule has 4 aliphatic rings. The highest BCUT2D eigenvalue weighted by atomic mass is 79.9. The Balaban J connectivity index is 1.31. The fourth-order valence-corrected chi connectivity index (χ4v) is 8.07. The zero-order valence-corrected chi connectivity index (χ0v) is 22.7. The lowest BCUT2D eigenvalue weighted by atomic mass is 9.36. The van der Waals surface area contributed by atoms with E-state index in [9.17, 15) is 27.5 Å². The Morgan fingerprint density at radius 2 is 1.76 bits per heavy atom. The third kappa shape index (κ3) is 3.40. The molecule has 2 aromatic heterocycles. The van der Waals surface area contributed by atoms with Gasteiger partial charge in [-0.05, 0) is 104 Å². The van der Waals surface area contributed by atoms with Gasteiger partial charge in [-0.25, -0.2) is 9.37 Å². The second-order valence-corrected chi connectivity index (χ2v) is 13.0. The SMILES string of the molecule is CC(C)(F)c1nc(C23CCC4(CN(c5cccc(Br)n5)C(=O)[C@H]5C[C@](O)(C(F)(F)F)C5)CCC42CC3)no1. The molecule has 2 heterocycles. The molecule has 0 saturated heterocycles. The smallest absolute Gasteiger partial charge is 0.380 e. The zero-order chi connectivity index (χ0) is 27.4. The molecule has 4 aliphatic carbocycles. The molecule has 38 heavy (non-hydrogen) atoms. The van der Waals surface area contributed by atoms with Crippen LogP contribution >= 0.6 is 15.9 Å². The second kappa shape index (κ2) is 7.99. The summed E-state index contributed by atoms with van der Waals surface area (Å²) < 4.78 is 60.2. The van der Waals surface area contributed by atoms with Crippen molar-refractivity contribution in [2.45, 2.75) is 88.1 Å². The van der Waals surface area contributed by atoms with Crippen LogP contribution in [0.4, 0.5) is 23.4 Å². The predicted molar refractivity (Wildman–Crippen MR) is 131 cm³/mol. The van der Waals surface area contributed by atoms with Gasteiger partial charge in [0.05, 0.1) is 0 Å². The van der Waals surface area contributed by atoms with Crippen LogP contribution in [0.1, 0.15) is 76.9 Å². The summed E-state index contributed by atoms with van der Waals surface area (Å²) in [4.78, 5) is 24.1. The lowest BCUT2D eigenvalue weighted by Crippen LogP contribution is -2.67. The molecule has 0 radical (unpaired) electrons. The minimum atomic E-state index is -4.78. The molecular formula is C26H29BrF4N4O3. The van der Waals surface area contributed by atoms with Crippen LogP contribution in [0.15, 0.2) is 27.3 Å². The highest BCUT2D eigenvalue weighted by Gasteiger charge is 2.78. The van der Waals surface area contributed by atoms with Crippen molar-refractivity contribution in [1.29, 1.82) is 0 Å². The largest absolute Gasteiger partial charge is 0.417 e. The summed E-state index contributed by atoms with van der Waals surface area (Å²) in [6.07, 6.45) is -1.06. The van der Waals surface area contributed by atoms with Gasteiger partial charge in [0.15, 0.2) is 17.1 Å². The maximum absolute atomic E-state index is 14.5. The maximum atomic E-state index is 14.5. The zero-order valence-electron chi connectivity index (χ0n) is 21.1. The van der Waals surface area contributed by atoms with Gasteiger partial charge in [-0.2, -0.15) is 18.2 Å². The number of carbonyl (C=O) groups is 1. The molecule has 0 aliphatic heterocycles. The molecule has 2 aromatic rings. The standard InChI is InChI=1S/C26H29BrF4N4O3/c1-21(2,28)20-33-19(34-38-20)23-8-6-22(7-10-24(22,23)11-9-23)14-35(17-5-3-4-16(27)32-17)18(36)15-12-25(37,13-15)26(29,30)31/h3-5,15,37H,6-14H2,1-2H3/t15-,22?,23?,24?,25+. The fraction of sp³-hybridized carbons (Fsp3) is 0.692. The topological polar surface area (TPSA) is 92.4 Å². The molecule has 0 aromatic carbocycles. The number of nitrogens with zero attached hydrogens (tertiary/aromatic N) is 4. The van der Waals surface area contributed by atoms with Gasteiger partial charge in [0.25, 0.3) is 5.89 Å². The van der Waals surface area contributed by atoms with Gasteiger partial charge in [0.1, 0.15) is 10.4 Å². The molecule has 1 N–H and O–H groups in total. The molecular weight excluding hydrogens is 572 g/mol. The van der Waals surface area contributed by atoms with E-state index in [0.29, 0.717) is 22.8 Å². The van der Waals surface area contributed by atoms with Crippen molar-refractivity contribution in [2.24, 2.45) is 16.7 Å². The van der Waals surface area contributed by atoms with Crippen LogP contribution in [0, 0.1) is 16.7 Å². The number of hydrogen-bond donors (Lipinski definition) is 1. The summed E-state index contributed by atoms with van der Waals surface area (Å²) in [6.45, 7) is 3.04. The highest BCUT2D eigenvalue weighted by Crippen LogP contribution is 2.82. The molecule has 1 spiro atoms. The normalized spacial score (nSPS) is 35.9. The van der Waals surface area contributed by atoms with E-state index in [1.807, 2.05) is 0 Å². The van der Waals surface area contributed by atoms with E-state index in [4.69, 9.17) is 4.52 Å². The number of aliphatic hydroxyl groups is 1. The summed E-state index contributed by atoms with van der Waals surface area (Å²) in [5, 5.41) is 14.2. The molecule has 6 rings (SSSR count). The first kappa shape index (κ1) is 26.2. The Morgan fingerprint density at radius 3 is 2.29 bits per heavy atom. The minimum Gasteiger partial charge on any atom is -0.380 e. The van der Waals surface area contributed by atoms with Crippen LogP contribution in [0.5, 0.6) is 0 Å². The average Bonchev–Trinajstić information content (AvgIpc) is 3.31. The number of hydrogen-bond acceptors (Lipinski definition) is 6. The van der Waals surface area contributed by atoms with Crippen molar-refractivity contribution in [3.8, 4) is 0 Å². The van der Waals surface area contributed by atoms with Crippen molar-refractivity contribution in [2.75, 3.05) is 11.4 Å². The van der Waals surface area contributed by atoms with E-state index in [-0.39, 0.29) is 22.1 Å². The number of rotatable bonds is 6. The van der Waals surface area contributed by atoms with Crippen molar-refractivity contribution >= 4 is 27.7 Å². The van der Waals surface area contributed by atoms with E-state index >= 15 is 0 Å². The third-order valence-corrected chi connectivity index (χ3v) is 10.5. The Hall–Kier alpha value is -2.08. The van der Waals surface area contributed by atoms with E-state index in [0.717, 1.165) is 38.5 Å². The molecule has 7 nitrogen and oxygen atoms in total. The summed E-state index contributed by atoms with van der Waals surface area (Å²) in [5.41, 5.74) is -5.45. The van der Waals surface area contributed by atoms with Crippen LogP contribution in [0.3, 0.4) is 0 Å². The fourth-order valence-electron chi connectivity index (χ4n) is 7.74. The van der Waals surface area contributed by atoms with Crippen molar-refractivity contribution < 1.29 is 32.0 Å². The molecule has 0 bridgehead atoms. The predicted octanol–water partition coefficient (Wildman–Crippen LogP) is 5.76. The number of pyridine rings is 1. The minimum absolute atomic E-state index is 0.0574. The third-order valence-electron chi connectivity index (χ3n) is 10.1. The van der Waals surface area contributed by atoms with Crippen LogP contribution in [0.2, 0.25) is 0 Å². The van der Waals surface area contributed by atoms with Gasteiger partial charge in [-0.15, -0.1) is 0 Å². The average molecular weight is 601 g/mol. The van der Waals surface area contributed by atoms with Gasteiger partial charge in [-0.3, -0.25) is 9.69 Å². The van der Waals surface area contributed by atoms with Gasteiger partial charge < -0.3 is 9.63 Å². The lowest BCUT2D eigenvalue weighted by molar-refractivity contribution is -0.295. The molecule has 4 fully saturated rings. The number of anilines is 1. The molecule has 206 valence electrons. The second-order valence-electron chi connectivity index (χ2n) is 12.2. The molecule has 4 saturated carbocycles. The highest BCUT2D eigenvalue weighted by molar-refractivity contribution is 9.10. The summed E-state index contributed by atoms with van der Waals surface area (Å²) in [7, 11) is 0. The van der Waals surface area contributed by atoms with Gasteiger partial charge in [-0.1, -0.05) is 11.2 Å². The van der Waals surface area contributed by atoms with E-state index in [2.05, 4.69) is 31.1 Å². The van der Waals surface area contributed by atoms with Crippen LogP contribution in [-0.2, 0) is 15.9 Å². The Bertz CT molecular complexity index is 1290. The first-order chi connectivity index (χ1) is 17.7. The Kier molecular flexibility index (Phi) is 5.50.